The first-order valence-electron chi connectivity index (χ1n) is 23.6. The van der Waals surface area contributed by atoms with Crippen molar-refractivity contribution in [2.24, 2.45) is 0 Å². The molecule has 1 amide bonds. The molecule has 4 atom stereocenters. The van der Waals surface area contributed by atoms with E-state index in [-0.39, 0.29) is 0 Å². The summed E-state index contributed by atoms with van der Waals surface area (Å²) in [5.41, 5.74) is 0. The van der Waals surface area contributed by atoms with Crippen LogP contribution in [0.3, 0.4) is 0 Å². The van der Waals surface area contributed by atoms with Crippen LogP contribution in [0.5, 0.6) is 0 Å². The summed E-state index contributed by atoms with van der Waals surface area (Å²) >= 11 is 0. The van der Waals surface area contributed by atoms with Crippen LogP contribution in [0.15, 0.2) is 12.2 Å². The summed E-state index contributed by atoms with van der Waals surface area (Å²) in [7, 11) is 0. The van der Waals surface area contributed by atoms with Crippen LogP contribution in [-0.2, 0) is 4.79 Å². The molecule has 0 aliphatic rings. The van der Waals surface area contributed by atoms with E-state index in [2.05, 4.69) is 31.3 Å². The van der Waals surface area contributed by atoms with Crippen molar-refractivity contribution < 1.29 is 25.2 Å². The Balaban J connectivity index is 3.70. The Kier molecular flexibility index (Phi) is 41.4. The van der Waals surface area contributed by atoms with Gasteiger partial charge in [-0.05, 0) is 38.5 Å². The van der Waals surface area contributed by atoms with E-state index in [1.54, 1.807) is 0 Å². The minimum atomic E-state index is -1.26. The van der Waals surface area contributed by atoms with Crippen LogP contribution in [0.4, 0.5) is 0 Å². The molecule has 0 aliphatic heterocycles. The van der Waals surface area contributed by atoms with Crippen molar-refractivity contribution in [3.63, 3.8) is 0 Å². The molecule has 0 saturated heterocycles. The third kappa shape index (κ3) is 36.4. The van der Waals surface area contributed by atoms with Gasteiger partial charge in [-0.3, -0.25) is 4.79 Å². The maximum Gasteiger partial charge on any atom is 0.249 e. The predicted molar refractivity (Wildman–Crippen MR) is 228 cm³/mol. The highest BCUT2D eigenvalue weighted by Gasteiger charge is 2.28. The largest absolute Gasteiger partial charge is 0.394 e. The maximum atomic E-state index is 12.5. The monoisotopic (exact) mass is 752 g/mol. The summed E-state index contributed by atoms with van der Waals surface area (Å²) in [6, 6.07) is -0.984. The first kappa shape index (κ1) is 52.0. The number of hydrogen-bond acceptors (Lipinski definition) is 5. The SMILES string of the molecule is CCCCCCCCCC/C=C\CCCCCCCCC(O)C(=O)NC(CO)C(O)C(O)CCCCCCCCCCCCCCCCCCCCC. The van der Waals surface area contributed by atoms with Gasteiger partial charge in [-0.15, -0.1) is 0 Å². The van der Waals surface area contributed by atoms with E-state index >= 15 is 0 Å². The Hall–Kier alpha value is -0.950. The van der Waals surface area contributed by atoms with Gasteiger partial charge in [-0.2, -0.15) is 0 Å². The first-order valence-corrected chi connectivity index (χ1v) is 23.6. The molecule has 6 nitrogen and oxygen atoms in total. The molecule has 0 saturated carbocycles. The molecule has 0 aromatic carbocycles. The highest BCUT2D eigenvalue weighted by molar-refractivity contribution is 5.80. The third-order valence-corrected chi connectivity index (χ3v) is 11.2. The van der Waals surface area contributed by atoms with Gasteiger partial charge in [0.25, 0.3) is 0 Å². The number of carbonyl (C=O) groups excluding carboxylic acids is 1. The second kappa shape index (κ2) is 42.2. The van der Waals surface area contributed by atoms with Gasteiger partial charge < -0.3 is 25.7 Å². The summed E-state index contributed by atoms with van der Waals surface area (Å²) in [6.45, 7) is 4.07. The predicted octanol–water partition coefficient (Wildman–Crippen LogP) is 12.6. The number of aliphatic hydroxyl groups is 4. The molecule has 6 heteroatoms. The van der Waals surface area contributed by atoms with E-state index in [0.29, 0.717) is 12.8 Å². The van der Waals surface area contributed by atoms with Crippen LogP contribution < -0.4 is 5.32 Å². The quantitative estimate of drug-likeness (QED) is 0.0315. The molecule has 316 valence electrons. The summed E-state index contributed by atoms with van der Waals surface area (Å²) < 4.78 is 0. The number of carbonyl (C=O) groups is 1. The van der Waals surface area contributed by atoms with E-state index in [1.807, 2.05) is 0 Å². The second-order valence-corrected chi connectivity index (χ2v) is 16.5. The lowest BCUT2D eigenvalue weighted by molar-refractivity contribution is -0.132. The van der Waals surface area contributed by atoms with Gasteiger partial charge in [-0.1, -0.05) is 225 Å². The Morgan fingerprint density at radius 1 is 0.453 bits per heavy atom. The van der Waals surface area contributed by atoms with Crippen LogP contribution in [0.2, 0.25) is 0 Å². The fourth-order valence-corrected chi connectivity index (χ4v) is 7.46. The van der Waals surface area contributed by atoms with Crippen LogP contribution >= 0.6 is 0 Å². The van der Waals surface area contributed by atoms with Crippen molar-refractivity contribution in [1.82, 2.24) is 5.32 Å². The number of amides is 1. The first-order chi connectivity index (χ1) is 26.0. The van der Waals surface area contributed by atoms with E-state index in [0.717, 1.165) is 44.9 Å². The van der Waals surface area contributed by atoms with Crippen LogP contribution in [-0.4, -0.2) is 57.3 Å². The number of aliphatic hydroxyl groups excluding tert-OH is 4. The molecular weight excluding hydrogens is 659 g/mol. The standard InChI is InChI=1S/C47H93NO5/c1-3-5-7-9-11-13-15-17-19-21-23-25-26-28-30-32-34-36-38-40-44(50)46(52)43(42-49)48-47(53)45(51)41-39-37-35-33-31-29-27-24-22-20-18-16-14-12-10-8-6-4-2/h22,24,43-46,49-52H,3-21,23,25-42H2,1-2H3,(H,48,53)/b24-22-. The van der Waals surface area contributed by atoms with Crippen LogP contribution in [0.25, 0.3) is 0 Å². The highest BCUT2D eigenvalue weighted by atomic mass is 16.3. The maximum absolute atomic E-state index is 12.5. The topological polar surface area (TPSA) is 110 Å². The fraction of sp³-hybridized carbons (Fsp3) is 0.936. The zero-order valence-electron chi connectivity index (χ0n) is 35.5. The molecule has 0 heterocycles. The molecule has 0 spiro atoms. The zero-order valence-corrected chi connectivity index (χ0v) is 35.5. The molecule has 4 unspecified atom stereocenters. The highest BCUT2D eigenvalue weighted by Crippen LogP contribution is 2.17. The average Bonchev–Trinajstić information content (AvgIpc) is 3.16. The number of hydrogen-bond donors (Lipinski definition) is 5. The molecule has 0 aromatic rings. The number of unbranched alkanes of at least 4 members (excludes halogenated alkanes) is 32. The van der Waals surface area contributed by atoms with Crippen molar-refractivity contribution in [3.8, 4) is 0 Å². The Bertz CT molecular complexity index is 761. The van der Waals surface area contributed by atoms with Crippen molar-refractivity contribution >= 4 is 5.91 Å². The normalized spacial score (nSPS) is 14.2. The van der Waals surface area contributed by atoms with Crippen molar-refractivity contribution in [2.45, 2.75) is 276 Å². The lowest BCUT2D eigenvalue weighted by Gasteiger charge is -2.27. The van der Waals surface area contributed by atoms with Gasteiger partial charge >= 0.3 is 0 Å². The third-order valence-electron chi connectivity index (χ3n) is 11.2. The summed E-state index contributed by atoms with van der Waals surface area (Å²) in [5, 5.41) is 43.8. The van der Waals surface area contributed by atoms with Gasteiger partial charge in [0.05, 0.1) is 18.8 Å². The van der Waals surface area contributed by atoms with Gasteiger partial charge in [-0.25, -0.2) is 0 Å². The zero-order chi connectivity index (χ0) is 38.9. The average molecular weight is 752 g/mol. The Morgan fingerprint density at radius 2 is 0.755 bits per heavy atom. The molecule has 5 N–H and O–H groups in total. The second-order valence-electron chi connectivity index (χ2n) is 16.5. The van der Waals surface area contributed by atoms with Gasteiger partial charge in [0.15, 0.2) is 0 Å². The van der Waals surface area contributed by atoms with E-state index in [4.69, 9.17) is 0 Å². The van der Waals surface area contributed by atoms with Crippen molar-refractivity contribution in [2.75, 3.05) is 6.61 Å². The molecule has 0 fully saturated rings. The molecule has 0 radical (unpaired) electrons. The van der Waals surface area contributed by atoms with E-state index in [1.165, 1.54) is 180 Å². The number of nitrogens with one attached hydrogen (secondary N) is 1. The smallest absolute Gasteiger partial charge is 0.249 e. The van der Waals surface area contributed by atoms with Crippen LogP contribution in [0.1, 0.15) is 251 Å². The number of rotatable bonds is 43. The minimum absolute atomic E-state index is 0.365. The van der Waals surface area contributed by atoms with Gasteiger partial charge in [0.2, 0.25) is 5.91 Å². The molecule has 0 aromatic heterocycles. The molecule has 53 heavy (non-hydrogen) atoms. The summed E-state index contributed by atoms with van der Waals surface area (Å²) in [5.74, 6) is -0.586. The summed E-state index contributed by atoms with van der Waals surface area (Å²) in [4.78, 5) is 12.5. The van der Waals surface area contributed by atoms with Gasteiger partial charge in [0.1, 0.15) is 12.2 Å². The molecular formula is C47H93NO5. The molecule has 0 aliphatic carbocycles. The molecule has 0 rings (SSSR count). The van der Waals surface area contributed by atoms with Crippen molar-refractivity contribution in [1.29, 1.82) is 0 Å². The van der Waals surface area contributed by atoms with E-state index in [9.17, 15) is 25.2 Å². The van der Waals surface area contributed by atoms with Gasteiger partial charge in [0, 0.05) is 0 Å². The van der Waals surface area contributed by atoms with Crippen LogP contribution in [0, 0.1) is 0 Å². The lowest BCUT2D eigenvalue weighted by atomic mass is 9.99. The lowest BCUT2D eigenvalue weighted by Crippen LogP contribution is -2.53. The summed E-state index contributed by atoms with van der Waals surface area (Å²) in [6.07, 6.45) is 46.7. The van der Waals surface area contributed by atoms with Crippen molar-refractivity contribution in [3.05, 3.63) is 12.2 Å². The fourth-order valence-electron chi connectivity index (χ4n) is 7.46. The minimum Gasteiger partial charge on any atom is -0.394 e. The molecule has 0 bridgehead atoms. The van der Waals surface area contributed by atoms with E-state index < -0.39 is 36.9 Å². The Morgan fingerprint density at radius 3 is 1.09 bits per heavy atom. The Labute approximate surface area is 330 Å². The number of allylic oxidation sites excluding steroid dienone is 2.